The molecule has 3 N–H and O–H groups in total. The summed E-state index contributed by atoms with van der Waals surface area (Å²) >= 11 is 0. The van der Waals surface area contributed by atoms with Crippen molar-refractivity contribution in [2.45, 2.75) is 33.1 Å². The number of benzene rings is 3. The number of aryl methyl sites for hydroxylation is 3. The zero-order valence-electron chi connectivity index (χ0n) is 17.2. The van der Waals surface area contributed by atoms with Gasteiger partial charge in [0.05, 0.1) is 0 Å². The van der Waals surface area contributed by atoms with Crippen LogP contribution in [0.2, 0.25) is 0 Å². The van der Waals surface area contributed by atoms with Crippen molar-refractivity contribution in [2.24, 2.45) is 5.73 Å². The minimum atomic E-state index is 0.732. The molecule has 0 unspecified atom stereocenters. The van der Waals surface area contributed by atoms with Gasteiger partial charge in [0.15, 0.2) is 0 Å². The summed E-state index contributed by atoms with van der Waals surface area (Å²) in [4.78, 5) is 3.69. The van der Waals surface area contributed by atoms with Crippen LogP contribution in [0.4, 0.5) is 0 Å². The lowest BCUT2D eigenvalue weighted by molar-refractivity contribution is 0.483. The van der Waals surface area contributed by atoms with Crippen LogP contribution >= 0.6 is 0 Å². The molecule has 0 spiro atoms. The normalized spacial score (nSPS) is 11.1. The molecular formula is C26H28N2O. The van der Waals surface area contributed by atoms with Crippen molar-refractivity contribution < 1.29 is 4.74 Å². The average Bonchev–Trinajstić information content (AvgIpc) is 3.08. The topological polar surface area (TPSA) is 51.0 Å². The van der Waals surface area contributed by atoms with Crippen LogP contribution in [-0.4, -0.2) is 11.5 Å². The SMILES string of the molecule is Cc1cc(C)c2c(CCCCN)c(-c3cccc(Oc4ccccc4)c3)[nH]c2c1. The molecule has 29 heavy (non-hydrogen) atoms. The number of hydrogen-bond donors (Lipinski definition) is 2. The van der Waals surface area contributed by atoms with Crippen molar-refractivity contribution >= 4 is 10.9 Å². The molecular weight excluding hydrogens is 356 g/mol. The lowest BCUT2D eigenvalue weighted by atomic mass is 9.97. The Morgan fingerprint density at radius 2 is 1.66 bits per heavy atom. The first-order valence-electron chi connectivity index (χ1n) is 10.3. The van der Waals surface area contributed by atoms with E-state index in [2.05, 4.69) is 49.2 Å². The maximum atomic E-state index is 6.07. The highest BCUT2D eigenvalue weighted by atomic mass is 16.5. The summed E-state index contributed by atoms with van der Waals surface area (Å²) in [6.07, 6.45) is 3.14. The number of unbranched alkanes of at least 4 members (excludes halogenated alkanes) is 1. The molecule has 3 nitrogen and oxygen atoms in total. The molecule has 4 rings (SSSR count). The molecule has 0 saturated heterocycles. The fourth-order valence-electron chi connectivity index (χ4n) is 4.08. The molecule has 0 atom stereocenters. The summed E-state index contributed by atoms with van der Waals surface area (Å²) < 4.78 is 6.07. The van der Waals surface area contributed by atoms with Crippen molar-refractivity contribution in [2.75, 3.05) is 6.54 Å². The molecule has 0 aliphatic heterocycles. The number of rotatable bonds is 7. The summed E-state index contributed by atoms with van der Waals surface area (Å²) in [5.41, 5.74) is 13.3. The first-order valence-corrected chi connectivity index (χ1v) is 10.3. The zero-order chi connectivity index (χ0) is 20.2. The molecule has 0 amide bonds. The maximum Gasteiger partial charge on any atom is 0.128 e. The molecule has 0 saturated carbocycles. The molecule has 148 valence electrons. The Kier molecular flexibility index (Phi) is 5.68. The van der Waals surface area contributed by atoms with Gasteiger partial charge in [0.25, 0.3) is 0 Å². The third-order valence-electron chi connectivity index (χ3n) is 5.33. The van der Waals surface area contributed by atoms with Gasteiger partial charge in [0.1, 0.15) is 11.5 Å². The second-order valence-corrected chi connectivity index (χ2v) is 7.67. The van der Waals surface area contributed by atoms with Gasteiger partial charge in [-0.2, -0.15) is 0 Å². The highest BCUT2D eigenvalue weighted by Gasteiger charge is 2.16. The van der Waals surface area contributed by atoms with E-state index in [1.54, 1.807) is 0 Å². The Balaban J connectivity index is 1.77. The summed E-state index contributed by atoms with van der Waals surface area (Å²) in [7, 11) is 0. The number of aromatic nitrogens is 1. The Hall–Kier alpha value is -3.04. The second-order valence-electron chi connectivity index (χ2n) is 7.67. The monoisotopic (exact) mass is 384 g/mol. The average molecular weight is 385 g/mol. The van der Waals surface area contributed by atoms with E-state index in [0.29, 0.717) is 0 Å². The third-order valence-corrected chi connectivity index (χ3v) is 5.33. The van der Waals surface area contributed by atoms with Crippen molar-refractivity contribution in [3.05, 3.63) is 83.4 Å². The van der Waals surface area contributed by atoms with Crippen molar-refractivity contribution in [1.29, 1.82) is 0 Å². The Morgan fingerprint density at radius 3 is 2.45 bits per heavy atom. The van der Waals surface area contributed by atoms with E-state index in [-0.39, 0.29) is 0 Å². The van der Waals surface area contributed by atoms with Crippen molar-refractivity contribution in [1.82, 2.24) is 4.98 Å². The van der Waals surface area contributed by atoms with Crippen LogP contribution in [0.25, 0.3) is 22.2 Å². The maximum absolute atomic E-state index is 6.07. The van der Waals surface area contributed by atoms with Gasteiger partial charge in [0.2, 0.25) is 0 Å². The molecule has 0 bridgehead atoms. The van der Waals surface area contributed by atoms with Gasteiger partial charge >= 0.3 is 0 Å². The van der Waals surface area contributed by atoms with E-state index in [1.165, 1.54) is 33.3 Å². The number of aromatic amines is 1. The smallest absolute Gasteiger partial charge is 0.128 e. The Morgan fingerprint density at radius 1 is 0.862 bits per heavy atom. The molecule has 1 heterocycles. The lowest BCUT2D eigenvalue weighted by Gasteiger charge is -2.09. The quantitative estimate of drug-likeness (QED) is 0.356. The molecule has 1 aromatic heterocycles. The van der Waals surface area contributed by atoms with E-state index in [4.69, 9.17) is 10.5 Å². The van der Waals surface area contributed by atoms with Crippen LogP contribution < -0.4 is 10.5 Å². The summed E-state index contributed by atoms with van der Waals surface area (Å²) in [6, 6.07) is 22.7. The van der Waals surface area contributed by atoms with Gasteiger partial charge in [-0.3, -0.25) is 0 Å². The number of nitrogens with one attached hydrogen (secondary N) is 1. The van der Waals surface area contributed by atoms with Gasteiger partial charge in [-0.1, -0.05) is 36.4 Å². The first-order chi connectivity index (χ1) is 14.2. The summed E-state index contributed by atoms with van der Waals surface area (Å²) in [5.74, 6) is 1.68. The predicted molar refractivity (Wildman–Crippen MR) is 122 cm³/mol. The summed E-state index contributed by atoms with van der Waals surface area (Å²) in [6.45, 7) is 5.08. The lowest BCUT2D eigenvalue weighted by Crippen LogP contribution is -1.99. The van der Waals surface area contributed by atoms with Crippen LogP contribution in [0, 0.1) is 13.8 Å². The minimum Gasteiger partial charge on any atom is -0.457 e. The number of H-pyrrole nitrogens is 1. The van der Waals surface area contributed by atoms with Crippen LogP contribution in [0.3, 0.4) is 0 Å². The van der Waals surface area contributed by atoms with Gasteiger partial charge in [-0.25, -0.2) is 0 Å². The number of nitrogens with two attached hydrogens (primary N) is 1. The van der Waals surface area contributed by atoms with E-state index < -0.39 is 0 Å². The fourth-order valence-corrected chi connectivity index (χ4v) is 4.08. The largest absolute Gasteiger partial charge is 0.457 e. The molecule has 4 aromatic rings. The molecule has 0 aliphatic rings. The standard InChI is InChI=1S/C26H28N2O/c1-18-15-19(2)25-23(13-6-7-14-27)26(28-24(25)16-18)20-9-8-12-22(17-20)29-21-10-4-3-5-11-21/h3-5,8-12,15-17,28H,6-7,13-14,27H2,1-2H3. The molecule has 0 aliphatic carbocycles. The Bertz CT molecular complexity index is 1110. The van der Waals surface area contributed by atoms with Crippen molar-refractivity contribution in [3.8, 4) is 22.8 Å². The predicted octanol–water partition coefficient (Wildman–Crippen LogP) is 6.53. The fraction of sp³-hybridized carbons (Fsp3) is 0.231. The highest BCUT2D eigenvalue weighted by Crippen LogP contribution is 2.36. The molecule has 0 radical (unpaired) electrons. The van der Waals surface area contributed by atoms with Gasteiger partial charge in [-0.15, -0.1) is 0 Å². The van der Waals surface area contributed by atoms with E-state index in [0.717, 1.165) is 42.9 Å². The Labute approximate surface area is 172 Å². The molecule has 0 fully saturated rings. The molecule has 3 aromatic carbocycles. The first kappa shape index (κ1) is 19.3. The van der Waals surface area contributed by atoms with E-state index in [9.17, 15) is 0 Å². The van der Waals surface area contributed by atoms with E-state index in [1.807, 2.05) is 36.4 Å². The number of hydrogen-bond acceptors (Lipinski definition) is 2. The van der Waals surface area contributed by atoms with Crippen LogP contribution in [0.1, 0.15) is 29.5 Å². The third kappa shape index (κ3) is 4.20. The molecule has 3 heteroatoms. The van der Waals surface area contributed by atoms with Crippen LogP contribution in [0.5, 0.6) is 11.5 Å². The second kappa shape index (κ2) is 8.54. The van der Waals surface area contributed by atoms with Crippen LogP contribution in [0.15, 0.2) is 66.7 Å². The zero-order valence-corrected chi connectivity index (χ0v) is 17.2. The summed E-state index contributed by atoms with van der Waals surface area (Å²) in [5, 5.41) is 1.34. The van der Waals surface area contributed by atoms with Crippen LogP contribution in [-0.2, 0) is 6.42 Å². The van der Waals surface area contributed by atoms with Gasteiger partial charge in [0, 0.05) is 22.2 Å². The van der Waals surface area contributed by atoms with E-state index >= 15 is 0 Å². The number of ether oxygens (including phenoxy) is 1. The number of para-hydroxylation sites is 1. The minimum absolute atomic E-state index is 0.732. The number of fused-ring (bicyclic) bond motifs is 1. The van der Waals surface area contributed by atoms with Gasteiger partial charge in [-0.05, 0) is 86.7 Å². The highest BCUT2D eigenvalue weighted by molar-refractivity contribution is 5.93. The van der Waals surface area contributed by atoms with Gasteiger partial charge < -0.3 is 15.5 Å². The van der Waals surface area contributed by atoms with Crippen molar-refractivity contribution in [3.63, 3.8) is 0 Å².